The van der Waals surface area contributed by atoms with Gasteiger partial charge in [0.25, 0.3) is 0 Å². The van der Waals surface area contributed by atoms with Gasteiger partial charge in [-0.25, -0.2) is 26.4 Å². The van der Waals surface area contributed by atoms with Crippen LogP contribution >= 0.6 is 11.6 Å². The smallest absolute Gasteiger partial charge is 0.338 e. The monoisotopic (exact) mass is 461 g/mol. The van der Waals surface area contributed by atoms with Crippen molar-refractivity contribution in [2.75, 3.05) is 0 Å². The Kier molecular flexibility index (Phi) is 6.74. The maximum absolute atomic E-state index is 14.7. The van der Waals surface area contributed by atoms with Gasteiger partial charge in [-0.2, -0.15) is 4.31 Å². The van der Waals surface area contributed by atoms with Gasteiger partial charge in [0.1, 0.15) is 6.17 Å². The largest absolute Gasteiger partial charge is 0.478 e. The molecule has 162 valence electrons. The Hall–Kier alpha value is -2.10. The summed E-state index contributed by atoms with van der Waals surface area (Å²) in [7, 11) is -4.28. The first kappa shape index (κ1) is 22.6. The topological polar surface area (TPSA) is 74.7 Å². The molecule has 0 amide bonds. The van der Waals surface area contributed by atoms with Crippen LogP contribution in [0.2, 0.25) is 5.02 Å². The van der Waals surface area contributed by atoms with Gasteiger partial charge in [-0.05, 0) is 43.2 Å². The molecule has 0 saturated heterocycles. The van der Waals surface area contributed by atoms with Gasteiger partial charge in [0, 0.05) is 17.1 Å². The molecule has 1 fully saturated rings. The van der Waals surface area contributed by atoms with Crippen molar-refractivity contribution in [3.63, 3.8) is 0 Å². The highest BCUT2D eigenvalue weighted by atomic mass is 35.5. The van der Waals surface area contributed by atoms with E-state index in [1.165, 1.54) is 24.3 Å². The minimum atomic E-state index is -4.28. The normalized spacial score (nSPS) is 19.8. The fraction of sp³-hybridized carbons (Fsp3) is 0.350. The van der Waals surface area contributed by atoms with E-state index in [1.54, 1.807) is 0 Å². The molecule has 10 heteroatoms. The summed E-state index contributed by atoms with van der Waals surface area (Å²) in [4.78, 5) is 10.8. The van der Waals surface area contributed by atoms with Gasteiger partial charge in [-0.3, -0.25) is 0 Å². The lowest BCUT2D eigenvalue weighted by atomic mass is 9.93. The molecule has 1 saturated carbocycles. The van der Waals surface area contributed by atoms with Crippen LogP contribution in [0, 0.1) is 11.6 Å². The Morgan fingerprint density at radius 2 is 1.70 bits per heavy atom. The van der Waals surface area contributed by atoms with E-state index >= 15 is 0 Å². The highest BCUT2D eigenvalue weighted by Crippen LogP contribution is 2.32. The number of carboxylic acids is 1. The van der Waals surface area contributed by atoms with Crippen LogP contribution in [-0.2, 0) is 16.6 Å². The number of nitrogens with zero attached hydrogens (tertiary/aromatic N) is 1. The van der Waals surface area contributed by atoms with Gasteiger partial charge in [0.15, 0.2) is 11.6 Å². The average Bonchev–Trinajstić information content (AvgIpc) is 2.70. The van der Waals surface area contributed by atoms with Crippen molar-refractivity contribution in [2.45, 2.75) is 49.3 Å². The molecular formula is C20H19ClF3NO4S. The molecule has 0 aromatic heterocycles. The van der Waals surface area contributed by atoms with Crippen molar-refractivity contribution in [1.82, 2.24) is 4.31 Å². The number of halogens is 4. The molecule has 0 aliphatic heterocycles. The fourth-order valence-electron chi connectivity index (χ4n) is 3.56. The van der Waals surface area contributed by atoms with E-state index in [4.69, 9.17) is 16.7 Å². The number of hydrogen-bond acceptors (Lipinski definition) is 3. The van der Waals surface area contributed by atoms with E-state index in [1.807, 2.05) is 0 Å². The van der Waals surface area contributed by atoms with Crippen LogP contribution < -0.4 is 0 Å². The number of carbonyl (C=O) groups is 1. The molecular weight excluding hydrogens is 443 g/mol. The zero-order valence-corrected chi connectivity index (χ0v) is 17.3. The third-order valence-corrected chi connectivity index (χ3v) is 7.29. The summed E-state index contributed by atoms with van der Waals surface area (Å²) >= 11 is 5.81. The summed E-state index contributed by atoms with van der Waals surface area (Å²) in [6.45, 7) is -0.640. The summed E-state index contributed by atoms with van der Waals surface area (Å²) in [5, 5.41) is 9.23. The van der Waals surface area contributed by atoms with Gasteiger partial charge in [0.2, 0.25) is 10.0 Å². The first-order valence-corrected chi connectivity index (χ1v) is 11.1. The van der Waals surface area contributed by atoms with Gasteiger partial charge < -0.3 is 5.11 Å². The van der Waals surface area contributed by atoms with Crippen molar-refractivity contribution >= 4 is 27.6 Å². The maximum atomic E-state index is 14.7. The Balaban J connectivity index is 2.06. The fourth-order valence-corrected chi connectivity index (χ4v) is 5.34. The van der Waals surface area contributed by atoms with Crippen molar-refractivity contribution in [3.8, 4) is 0 Å². The molecule has 1 N–H and O–H groups in total. The second-order valence-corrected chi connectivity index (χ2v) is 9.40. The molecule has 2 atom stereocenters. The first-order chi connectivity index (χ1) is 14.1. The van der Waals surface area contributed by atoms with Crippen LogP contribution in [0.15, 0.2) is 41.3 Å². The van der Waals surface area contributed by atoms with Crippen molar-refractivity contribution in [3.05, 3.63) is 64.2 Å². The van der Waals surface area contributed by atoms with E-state index in [0.717, 1.165) is 16.4 Å². The number of carboxylic acid groups (broad SMARTS) is 1. The van der Waals surface area contributed by atoms with Crippen LogP contribution in [0.5, 0.6) is 0 Å². The average molecular weight is 462 g/mol. The van der Waals surface area contributed by atoms with E-state index in [2.05, 4.69) is 0 Å². The molecule has 2 aromatic carbocycles. The second kappa shape index (κ2) is 8.95. The molecule has 0 spiro atoms. The van der Waals surface area contributed by atoms with E-state index in [0.29, 0.717) is 17.9 Å². The van der Waals surface area contributed by atoms with E-state index < -0.39 is 51.9 Å². The molecule has 0 radical (unpaired) electrons. The molecule has 0 heterocycles. The summed E-state index contributed by atoms with van der Waals surface area (Å²) < 4.78 is 70.7. The quantitative estimate of drug-likeness (QED) is 0.671. The Morgan fingerprint density at radius 1 is 1.07 bits per heavy atom. The summed E-state index contributed by atoms with van der Waals surface area (Å²) in [6, 6.07) is 6.04. The number of alkyl halides is 1. The predicted octanol–water partition coefficient (Wildman–Crippen LogP) is 4.79. The van der Waals surface area contributed by atoms with Crippen molar-refractivity contribution in [2.24, 2.45) is 0 Å². The van der Waals surface area contributed by atoms with Gasteiger partial charge >= 0.3 is 5.97 Å². The van der Waals surface area contributed by atoms with Crippen LogP contribution in [0.3, 0.4) is 0 Å². The summed E-state index contributed by atoms with van der Waals surface area (Å²) in [6.07, 6.45) is 0.110. The first-order valence-electron chi connectivity index (χ1n) is 9.24. The maximum Gasteiger partial charge on any atom is 0.338 e. The second-order valence-electron chi connectivity index (χ2n) is 7.08. The zero-order chi connectivity index (χ0) is 22.1. The Labute approximate surface area is 177 Å². The number of hydrogen-bond donors (Lipinski definition) is 1. The molecule has 2 unspecified atom stereocenters. The lowest BCUT2D eigenvalue weighted by Crippen LogP contribution is -2.46. The van der Waals surface area contributed by atoms with Crippen LogP contribution in [-0.4, -0.2) is 36.0 Å². The minimum absolute atomic E-state index is 0.159. The SMILES string of the molecule is O=C(O)c1ccc(CN(C2CCCCC2F)S(=O)(=O)c2ccc(Cl)cc2)c(F)c1F. The third-order valence-electron chi connectivity index (χ3n) is 5.16. The van der Waals surface area contributed by atoms with E-state index in [9.17, 15) is 26.4 Å². The molecule has 30 heavy (non-hydrogen) atoms. The van der Waals surface area contributed by atoms with Crippen molar-refractivity contribution < 1.29 is 31.5 Å². The van der Waals surface area contributed by atoms with Crippen molar-refractivity contribution in [1.29, 1.82) is 0 Å². The molecule has 1 aliphatic rings. The lowest BCUT2D eigenvalue weighted by molar-refractivity contribution is 0.0690. The van der Waals surface area contributed by atoms with Crippen LogP contribution in [0.4, 0.5) is 13.2 Å². The van der Waals surface area contributed by atoms with Crippen LogP contribution in [0.25, 0.3) is 0 Å². The standard InChI is InChI=1S/C20H19ClF3NO4S/c21-13-6-8-14(9-7-13)30(28,29)25(17-4-2-1-3-16(17)22)11-12-5-10-15(20(26)27)19(24)18(12)23/h5-10,16-17H,1-4,11H2,(H,26,27). The zero-order valence-electron chi connectivity index (χ0n) is 15.7. The summed E-state index contributed by atoms with van der Waals surface area (Å²) in [5.74, 6) is -4.72. The minimum Gasteiger partial charge on any atom is -0.478 e. The molecule has 1 aliphatic carbocycles. The highest BCUT2D eigenvalue weighted by molar-refractivity contribution is 7.89. The summed E-state index contributed by atoms with van der Waals surface area (Å²) in [5.41, 5.74) is -1.25. The van der Waals surface area contributed by atoms with Gasteiger partial charge in [-0.1, -0.05) is 30.5 Å². The number of aromatic carboxylic acids is 1. The number of rotatable bonds is 6. The third kappa shape index (κ3) is 4.48. The lowest BCUT2D eigenvalue weighted by Gasteiger charge is -2.35. The molecule has 3 rings (SSSR count). The van der Waals surface area contributed by atoms with Gasteiger partial charge in [-0.15, -0.1) is 0 Å². The number of benzene rings is 2. The van der Waals surface area contributed by atoms with Crippen LogP contribution in [0.1, 0.15) is 41.6 Å². The number of sulfonamides is 1. The highest BCUT2D eigenvalue weighted by Gasteiger charge is 2.38. The Morgan fingerprint density at radius 3 is 2.30 bits per heavy atom. The van der Waals surface area contributed by atoms with Gasteiger partial charge in [0.05, 0.1) is 16.5 Å². The Bertz CT molecular complexity index is 1050. The molecule has 2 aromatic rings. The van der Waals surface area contributed by atoms with E-state index in [-0.39, 0.29) is 23.3 Å². The molecule has 0 bridgehead atoms. The molecule has 5 nitrogen and oxygen atoms in total. The predicted molar refractivity (Wildman–Crippen MR) is 105 cm³/mol.